The Morgan fingerprint density at radius 2 is 1.47 bits per heavy atom. The fourth-order valence-corrected chi connectivity index (χ4v) is 2.27. The Bertz CT molecular complexity index is 462. The van der Waals surface area contributed by atoms with Crippen molar-refractivity contribution in [2.24, 2.45) is 0 Å². The topological polar surface area (TPSA) is 49.7 Å². The van der Waals surface area contributed by atoms with Crippen LogP contribution in [0.5, 0.6) is 11.5 Å². The summed E-state index contributed by atoms with van der Waals surface area (Å²) in [6, 6.07) is 1.84. The molecule has 0 aliphatic heterocycles. The van der Waals surface area contributed by atoms with Gasteiger partial charge in [0.25, 0.3) is 0 Å². The molecule has 3 nitrogen and oxygen atoms in total. The normalized spacial score (nSPS) is 12.8. The number of phenolic OH excluding ortho intramolecular Hbond substituents is 2. The Labute approximate surface area is 116 Å². The smallest absolute Gasteiger partial charge is 0.128 e. The first kappa shape index (κ1) is 15.8. The summed E-state index contributed by atoms with van der Waals surface area (Å²) < 4.78 is 5.14. The lowest BCUT2D eigenvalue weighted by Gasteiger charge is -2.29. The Morgan fingerprint density at radius 1 is 0.947 bits per heavy atom. The van der Waals surface area contributed by atoms with Crippen LogP contribution < -0.4 is 0 Å². The lowest BCUT2D eigenvalue weighted by molar-refractivity contribution is 0.181. The van der Waals surface area contributed by atoms with Gasteiger partial charge in [0, 0.05) is 23.8 Å². The minimum absolute atomic E-state index is 0.139. The van der Waals surface area contributed by atoms with E-state index < -0.39 is 0 Å². The number of rotatable bonds is 2. The molecule has 0 saturated carbocycles. The van der Waals surface area contributed by atoms with Gasteiger partial charge in [-0.1, -0.05) is 41.5 Å². The van der Waals surface area contributed by atoms with Gasteiger partial charge in [0.1, 0.15) is 11.5 Å². The summed E-state index contributed by atoms with van der Waals surface area (Å²) in [6.07, 6.45) is 0. The van der Waals surface area contributed by atoms with E-state index in [9.17, 15) is 10.2 Å². The van der Waals surface area contributed by atoms with Crippen LogP contribution >= 0.6 is 0 Å². The van der Waals surface area contributed by atoms with Crippen LogP contribution in [-0.2, 0) is 22.2 Å². The molecule has 1 aromatic carbocycles. The first-order valence-corrected chi connectivity index (χ1v) is 6.58. The molecule has 1 rings (SSSR count). The van der Waals surface area contributed by atoms with Crippen LogP contribution in [0.25, 0.3) is 0 Å². The molecule has 1 aromatic rings. The summed E-state index contributed by atoms with van der Waals surface area (Å²) in [5.41, 5.74) is 1.61. The number of aromatic hydroxyl groups is 2. The maximum Gasteiger partial charge on any atom is 0.128 e. The minimum Gasteiger partial charge on any atom is -0.507 e. The zero-order chi connectivity index (χ0) is 15.0. The Balaban J connectivity index is 3.66. The van der Waals surface area contributed by atoms with Gasteiger partial charge in [-0.15, -0.1) is 0 Å². The molecule has 0 spiro atoms. The van der Waals surface area contributed by atoms with Crippen molar-refractivity contribution >= 4 is 0 Å². The van der Waals surface area contributed by atoms with Gasteiger partial charge in [-0.2, -0.15) is 0 Å². The summed E-state index contributed by atoms with van der Waals surface area (Å²) >= 11 is 0. The molecule has 0 aromatic heterocycles. The second kappa shape index (κ2) is 5.04. The van der Waals surface area contributed by atoms with E-state index in [1.807, 2.05) is 47.6 Å². The van der Waals surface area contributed by atoms with Gasteiger partial charge in [-0.05, 0) is 16.9 Å². The quantitative estimate of drug-likeness (QED) is 0.855. The SMILES string of the molecule is COCc1cc(C(C)(C)C)c(O)c(C(C)(C)C)c1O. The molecular weight excluding hydrogens is 240 g/mol. The predicted octanol–water partition coefficient (Wildman–Crippen LogP) is 3.84. The zero-order valence-electron chi connectivity index (χ0n) is 13.1. The molecule has 19 heavy (non-hydrogen) atoms. The second-order valence-electron chi connectivity index (χ2n) is 7.09. The van der Waals surface area contributed by atoms with Crippen LogP contribution in [0.4, 0.5) is 0 Å². The van der Waals surface area contributed by atoms with Gasteiger partial charge < -0.3 is 14.9 Å². The Morgan fingerprint density at radius 3 is 1.84 bits per heavy atom. The van der Waals surface area contributed by atoms with Crippen LogP contribution in [0.2, 0.25) is 0 Å². The van der Waals surface area contributed by atoms with Gasteiger partial charge in [-0.25, -0.2) is 0 Å². The Hall–Kier alpha value is -1.22. The van der Waals surface area contributed by atoms with Crippen molar-refractivity contribution in [1.29, 1.82) is 0 Å². The highest BCUT2D eigenvalue weighted by molar-refractivity contribution is 5.57. The van der Waals surface area contributed by atoms with E-state index in [0.717, 1.165) is 11.1 Å². The molecule has 0 amide bonds. The summed E-state index contributed by atoms with van der Waals surface area (Å²) in [4.78, 5) is 0. The summed E-state index contributed by atoms with van der Waals surface area (Å²) in [7, 11) is 1.60. The van der Waals surface area contributed by atoms with E-state index >= 15 is 0 Å². The van der Waals surface area contributed by atoms with E-state index in [4.69, 9.17) is 4.74 Å². The first-order valence-electron chi connectivity index (χ1n) is 6.58. The number of hydrogen-bond donors (Lipinski definition) is 2. The standard InChI is InChI=1S/C16H26O3/c1-15(2,3)11-8-10(9-19-7)13(17)12(14(11)18)16(4,5)6/h8,17-18H,9H2,1-7H3. The molecular formula is C16H26O3. The summed E-state index contributed by atoms with van der Waals surface area (Å²) in [6.45, 7) is 12.4. The molecule has 0 aliphatic rings. The summed E-state index contributed by atoms with van der Waals surface area (Å²) in [5.74, 6) is 0.331. The molecule has 0 aliphatic carbocycles. The number of methoxy groups -OCH3 is 1. The Kier molecular flexibility index (Phi) is 4.20. The maximum atomic E-state index is 10.5. The molecule has 0 fully saturated rings. The lowest BCUT2D eigenvalue weighted by Crippen LogP contribution is -2.18. The van der Waals surface area contributed by atoms with Crippen molar-refractivity contribution < 1.29 is 14.9 Å². The number of phenols is 2. The van der Waals surface area contributed by atoms with Crippen molar-refractivity contribution in [1.82, 2.24) is 0 Å². The van der Waals surface area contributed by atoms with E-state index in [1.54, 1.807) is 7.11 Å². The van der Waals surface area contributed by atoms with Gasteiger partial charge in [0.05, 0.1) is 6.61 Å². The highest BCUT2D eigenvalue weighted by Gasteiger charge is 2.30. The first-order chi connectivity index (χ1) is 8.50. The van der Waals surface area contributed by atoms with Crippen molar-refractivity contribution in [2.45, 2.75) is 59.0 Å². The van der Waals surface area contributed by atoms with Crippen LogP contribution in [-0.4, -0.2) is 17.3 Å². The highest BCUT2D eigenvalue weighted by Crippen LogP contribution is 2.45. The van der Waals surface area contributed by atoms with Gasteiger partial charge in [0.15, 0.2) is 0 Å². The molecule has 2 N–H and O–H groups in total. The minimum atomic E-state index is -0.335. The third-order valence-electron chi connectivity index (χ3n) is 3.21. The number of hydrogen-bond acceptors (Lipinski definition) is 3. The molecule has 0 saturated heterocycles. The molecule has 0 radical (unpaired) electrons. The largest absolute Gasteiger partial charge is 0.507 e. The fourth-order valence-electron chi connectivity index (χ4n) is 2.27. The number of ether oxygens (including phenoxy) is 1. The predicted molar refractivity (Wildman–Crippen MR) is 77.9 cm³/mol. The van der Waals surface area contributed by atoms with Crippen LogP contribution in [0.15, 0.2) is 6.07 Å². The molecule has 0 bridgehead atoms. The monoisotopic (exact) mass is 266 g/mol. The molecule has 3 heteroatoms. The van der Waals surface area contributed by atoms with E-state index in [2.05, 4.69) is 0 Å². The second-order valence-corrected chi connectivity index (χ2v) is 7.09. The maximum absolute atomic E-state index is 10.5. The van der Waals surface area contributed by atoms with Gasteiger partial charge in [0.2, 0.25) is 0 Å². The van der Waals surface area contributed by atoms with Crippen LogP contribution in [0.3, 0.4) is 0 Å². The van der Waals surface area contributed by atoms with E-state index in [0.29, 0.717) is 12.2 Å². The zero-order valence-corrected chi connectivity index (χ0v) is 13.1. The van der Waals surface area contributed by atoms with E-state index in [-0.39, 0.29) is 22.3 Å². The average Bonchev–Trinajstić information content (AvgIpc) is 2.18. The van der Waals surface area contributed by atoms with Crippen molar-refractivity contribution in [2.75, 3.05) is 7.11 Å². The van der Waals surface area contributed by atoms with Crippen molar-refractivity contribution in [3.63, 3.8) is 0 Å². The van der Waals surface area contributed by atoms with Crippen molar-refractivity contribution in [3.05, 3.63) is 22.8 Å². The fraction of sp³-hybridized carbons (Fsp3) is 0.625. The number of benzene rings is 1. The third-order valence-corrected chi connectivity index (χ3v) is 3.21. The summed E-state index contributed by atoms with van der Waals surface area (Å²) in [5, 5.41) is 20.9. The van der Waals surface area contributed by atoms with Crippen molar-refractivity contribution in [3.8, 4) is 11.5 Å². The highest BCUT2D eigenvalue weighted by atomic mass is 16.5. The molecule has 0 atom stereocenters. The van der Waals surface area contributed by atoms with Gasteiger partial charge in [-0.3, -0.25) is 0 Å². The molecule has 108 valence electrons. The van der Waals surface area contributed by atoms with Crippen LogP contribution in [0.1, 0.15) is 58.2 Å². The molecule has 0 unspecified atom stereocenters. The van der Waals surface area contributed by atoms with E-state index in [1.165, 1.54) is 0 Å². The van der Waals surface area contributed by atoms with Gasteiger partial charge >= 0.3 is 0 Å². The van der Waals surface area contributed by atoms with Crippen LogP contribution in [0, 0.1) is 0 Å². The molecule has 0 heterocycles. The third kappa shape index (κ3) is 3.21. The lowest BCUT2D eigenvalue weighted by atomic mass is 9.78. The average molecular weight is 266 g/mol.